The van der Waals surface area contributed by atoms with Crippen molar-refractivity contribution in [2.75, 3.05) is 19.8 Å². The lowest BCUT2D eigenvalue weighted by Gasteiger charge is -2.13. The number of nitrogens with zero attached hydrogens (tertiary/aromatic N) is 1. The number of carbonyl (C=O) groups is 2. The lowest BCUT2D eigenvalue weighted by atomic mass is 10.5. The van der Waals surface area contributed by atoms with E-state index in [1.165, 1.54) is 29.9 Å². The van der Waals surface area contributed by atoms with Gasteiger partial charge in [-0.2, -0.15) is 0 Å². The summed E-state index contributed by atoms with van der Waals surface area (Å²) in [6.45, 7) is 1.59. The molecule has 0 radical (unpaired) electrons. The fourth-order valence-corrected chi connectivity index (χ4v) is 1.34. The summed E-state index contributed by atoms with van der Waals surface area (Å²) in [5.74, 6) is 0.258. The Morgan fingerprint density at radius 1 is 1.29 bits per heavy atom. The van der Waals surface area contributed by atoms with Crippen molar-refractivity contribution in [3.8, 4) is 0 Å². The maximum Gasteiger partial charge on any atom is 0.253 e. The number of imide groups is 1. The zero-order chi connectivity index (χ0) is 9.97. The molecular formula is C10H13NO3. The standard InChI is InChI=1S/C10H13NO3/c12-9-3-4-10(13)11(9)5-6-14-7-8-1-2-8/h3-4,8H,1-2,5-7H2. The number of ether oxygens (including phenoxy) is 1. The topological polar surface area (TPSA) is 46.6 Å². The summed E-state index contributed by atoms with van der Waals surface area (Å²) in [6.07, 6.45) is 5.10. The molecule has 1 fully saturated rings. The van der Waals surface area contributed by atoms with E-state index in [-0.39, 0.29) is 11.8 Å². The largest absolute Gasteiger partial charge is 0.379 e. The second-order valence-corrected chi connectivity index (χ2v) is 3.68. The lowest BCUT2D eigenvalue weighted by Crippen LogP contribution is -2.33. The maximum atomic E-state index is 11.1. The van der Waals surface area contributed by atoms with Crippen LogP contribution in [0, 0.1) is 5.92 Å². The van der Waals surface area contributed by atoms with Crippen LogP contribution in [0.25, 0.3) is 0 Å². The van der Waals surface area contributed by atoms with E-state index in [0.29, 0.717) is 13.2 Å². The highest BCUT2D eigenvalue weighted by Gasteiger charge is 2.24. The highest BCUT2D eigenvalue weighted by Crippen LogP contribution is 2.28. The molecule has 76 valence electrons. The normalized spacial score (nSPS) is 21.0. The average Bonchev–Trinajstić information content (AvgIpc) is 2.93. The molecule has 1 aliphatic heterocycles. The van der Waals surface area contributed by atoms with Crippen molar-refractivity contribution in [2.45, 2.75) is 12.8 Å². The van der Waals surface area contributed by atoms with Gasteiger partial charge < -0.3 is 4.74 Å². The highest BCUT2D eigenvalue weighted by molar-refractivity contribution is 6.12. The zero-order valence-electron chi connectivity index (χ0n) is 7.94. The van der Waals surface area contributed by atoms with Crippen molar-refractivity contribution in [1.82, 2.24) is 4.90 Å². The summed E-state index contributed by atoms with van der Waals surface area (Å²) in [5, 5.41) is 0. The summed E-state index contributed by atoms with van der Waals surface area (Å²) in [6, 6.07) is 0. The summed E-state index contributed by atoms with van der Waals surface area (Å²) in [5.41, 5.74) is 0. The van der Waals surface area contributed by atoms with Crippen molar-refractivity contribution < 1.29 is 14.3 Å². The SMILES string of the molecule is O=C1C=CC(=O)N1CCOCC1CC1. The third-order valence-corrected chi connectivity index (χ3v) is 2.41. The molecule has 0 aromatic heterocycles. The Hall–Kier alpha value is -1.16. The first-order valence-corrected chi connectivity index (χ1v) is 4.88. The molecule has 1 saturated carbocycles. The Morgan fingerprint density at radius 3 is 2.50 bits per heavy atom. The van der Waals surface area contributed by atoms with Crippen LogP contribution in [0.15, 0.2) is 12.2 Å². The number of carbonyl (C=O) groups excluding carboxylic acids is 2. The smallest absolute Gasteiger partial charge is 0.253 e. The first-order chi connectivity index (χ1) is 6.77. The summed E-state index contributed by atoms with van der Waals surface area (Å²) in [4.78, 5) is 23.4. The number of hydrogen-bond acceptors (Lipinski definition) is 3. The molecular weight excluding hydrogens is 182 g/mol. The van der Waals surface area contributed by atoms with Crippen LogP contribution in [0.2, 0.25) is 0 Å². The Labute approximate surface area is 82.5 Å². The zero-order valence-corrected chi connectivity index (χ0v) is 7.94. The van der Waals surface area contributed by atoms with Gasteiger partial charge in [-0.3, -0.25) is 14.5 Å². The van der Waals surface area contributed by atoms with Gasteiger partial charge in [-0.25, -0.2) is 0 Å². The van der Waals surface area contributed by atoms with E-state index < -0.39 is 0 Å². The molecule has 0 bridgehead atoms. The van der Waals surface area contributed by atoms with Crippen LogP contribution in [-0.4, -0.2) is 36.5 Å². The molecule has 2 aliphatic rings. The van der Waals surface area contributed by atoms with Gasteiger partial charge in [0.25, 0.3) is 11.8 Å². The van der Waals surface area contributed by atoms with E-state index in [1.807, 2.05) is 0 Å². The second-order valence-electron chi connectivity index (χ2n) is 3.68. The van der Waals surface area contributed by atoms with Gasteiger partial charge in [-0.05, 0) is 18.8 Å². The number of hydrogen-bond donors (Lipinski definition) is 0. The highest BCUT2D eigenvalue weighted by atomic mass is 16.5. The molecule has 4 heteroatoms. The van der Waals surface area contributed by atoms with Gasteiger partial charge in [0.05, 0.1) is 13.2 Å². The van der Waals surface area contributed by atoms with Crippen LogP contribution >= 0.6 is 0 Å². The number of rotatable bonds is 5. The third kappa shape index (κ3) is 2.20. The van der Waals surface area contributed by atoms with E-state index in [0.717, 1.165) is 12.5 Å². The van der Waals surface area contributed by atoms with E-state index in [9.17, 15) is 9.59 Å². The third-order valence-electron chi connectivity index (χ3n) is 2.41. The summed E-state index contributed by atoms with van der Waals surface area (Å²) in [7, 11) is 0. The monoisotopic (exact) mass is 195 g/mol. The molecule has 0 spiro atoms. The minimum absolute atomic E-state index is 0.231. The van der Waals surface area contributed by atoms with Crippen LogP contribution in [0.5, 0.6) is 0 Å². The molecule has 2 amide bonds. The predicted octanol–water partition coefficient (Wildman–Crippen LogP) is 0.338. The van der Waals surface area contributed by atoms with Gasteiger partial charge in [-0.1, -0.05) is 0 Å². The van der Waals surface area contributed by atoms with Gasteiger partial charge in [0.1, 0.15) is 0 Å². The maximum absolute atomic E-state index is 11.1. The first kappa shape index (κ1) is 9.40. The Bertz CT molecular complexity index is 263. The molecule has 1 heterocycles. The molecule has 0 aromatic rings. The Balaban J connectivity index is 1.64. The van der Waals surface area contributed by atoms with Crippen molar-refractivity contribution in [2.24, 2.45) is 5.92 Å². The molecule has 0 saturated heterocycles. The second kappa shape index (κ2) is 3.92. The summed E-state index contributed by atoms with van der Waals surface area (Å²) < 4.78 is 5.34. The Kier molecular flexibility index (Phi) is 2.63. The van der Waals surface area contributed by atoms with Crippen molar-refractivity contribution in [3.63, 3.8) is 0 Å². The summed E-state index contributed by atoms with van der Waals surface area (Å²) >= 11 is 0. The van der Waals surface area contributed by atoms with Gasteiger partial charge in [0, 0.05) is 18.8 Å². The van der Waals surface area contributed by atoms with Gasteiger partial charge in [0.2, 0.25) is 0 Å². The minimum atomic E-state index is -0.231. The molecule has 0 aromatic carbocycles. The van der Waals surface area contributed by atoms with Crippen LogP contribution in [0.4, 0.5) is 0 Å². The van der Waals surface area contributed by atoms with Crippen LogP contribution in [-0.2, 0) is 14.3 Å². The van der Waals surface area contributed by atoms with Crippen LogP contribution in [0.1, 0.15) is 12.8 Å². The molecule has 0 N–H and O–H groups in total. The first-order valence-electron chi connectivity index (χ1n) is 4.88. The van der Waals surface area contributed by atoms with E-state index in [1.54, 1.807) is 0 Å². The fourth-order valence-electron chi connectivity index (χ4n) is 1.34. The fraction of sp³-hybridized carbons (Fsp3) is 0.600. The van der Waals surface area contributed by atoms with Crippen molar-refractivity contribution >= 4 is 11.8 Å². The van der Waals surface area contributed by atoms with Gasteiger partial charge in [0.15, 0.2) is 0 Å². The quantitative estimate of drug-likeness (QED) is 0.469. The molecule has 0 atom stereocenters. The van der Waals surface area contributed by atoms with Crippen LogP contribution in [0.3, 0.4) is 0 Å². The van der Waals surface area contributed by atoms with E-state index >= 15 is 0 Å². The molecule has 1 aliphatic carbocycles. The van der Waals surface area contributed by atoms with E-state index in [2.05, 4.69) is 0 Å². The molecule has 0 unspecified atom stereocenters. The lowest BCUT2D eigenvalue weighted by molar-refractivity contribution is -0.137. The molecule has 4 nitrogen and oxygen atoms in total. The van der Waals surface area contributed by atoms with Crippen molar-refractivity contribution in [1.29, 1.82) is 0 Å². The average molecular weight is 195 g/mol. The van der Waals surface area contributed by atoms with Crippen LogP contribution < -0.4 is 0 Å². The van der Waals surface area contributed by atoms with Gasteiger partial charge in [-0.15, -0.1) is 0 Å². The number of amides is 2. The Morgan fingerprint density at radius 2 is 1.93 bits per heavy atom. The van der Waals surface area contributed by atoms with E-state index in [4.69, 9.17) is 4.74 Å². The molecule has 14 heavy (non-hydrogen) atoms. The van der Waals surface area contributed by atoms with Gasteiger partial charge >= 0.3 is 0 Å². The minimum Gasteiger partial charge on any atom is -0.379 e. The van der Waals surface area contributed by atoms with Crippen molar-refractivity contribution in [3.05, 3.63) is 12.2 Å². The predicted molar refractivity (Wildman–Crippen MR) is 49.4 cm³/mol. The molecule has 2 rings (SSSR count).